The van der Waals surface area contributed by atoms with Crippen LogP contribution in [0.5, 0.6) is 17.4 Å². The molecule has 1 aliphatic rings. The molecule has 0 saturated carbocycles. The van der Waals surface area contributed by atoms with Gasteiger partial charge in [0, 0.05) is 32.2 Å². The van der Waals surface area contributed by atoms with E-state index in [0.717, 1.165) is 50.2 Å². The number of alkyl halides is 3. The highest BCUT2D eigenvalue weighted by Crippen LogP contribution is 2.38. The number of halogens is 6. The molecule has 2 aromatic carbocycles. The summed E-state index contributed by atoms with van der Waals surface area (Å²) in [5.41, 5.74) is -1.68. The van der Waals surface area contributed by atoms with Crippen molar-refractivity contribution in [3.05, 3.63) is 74.7 Å². The zero-order valence-electron chi connectivity index (χ0n) is 21.4. The van der Waals surface area contributed by atoms with Gasteiger partial charge < -0.3 is 19.3 Å². The third-order valence-corrected chi connectivity index (χ3v) is 6.85. The van der Waals surface area contributed by atoms with Crippen molar-refractivity contribution in [2.45, 2.75) is 31.7 Å². The average molecular weight is 573 g/mol. The van der Waals surface area contributed by atoms with Gasteiger partial charge in [0.25, 0.3) is 0 Å². The van der Waals surface area contributed by atoms with Crippen LogP contribution >= 0.6 is 11.6 Å². The Bertz CT molecular complexity index is 1380. The maximum absolute atomic E-state index is 14.7. The molecule has 0 radical (unpaired) electrons. The number of anilines is 1. The van der Waals surface area contributed by atoms with Crippen molar-refractivity contribution in [3.8, 4) is 17.4 Å². The summed E-state index contributed by atoms with van der Waals surface area (Å²) in [5, 5.41) is -0.575. The number of rotatable bonds is 7. The Labute approximate surface area is 226 Å². The molecule has 1 fully saturated rings. The van der Waals surface area contributed by atoms with Crippen LogP contribution in [0.25, 0.3) is 0 Å². The molecule has 0 aliphatic carbocycles. The zero-order chi connectivity index (χ0) is 28.5. The average Bonchev–Trinajstić information content (AvgIpc) is 2.87. The van der Waals surface area contributed by atoms with E-state index in [4.69, 9.17) is 21.1 Å². The fourth-order valence-corrected chi connectivity index (χ4v) is 4.57. The molecule has 0 N–H and O–H groups in total. The third kappa shape index (κ3) is 6.62. The highest BCUT2D eigenvalue weighted by atomic mass is 35.5. The molecule has 0 unspecified atom stereocenters. The summed E-state index contributed by atoms with van der Waals surface area (Å²) in [6.07, 6.45) is -2.94. The van der Waals surface area contributed by atoms with Crippen LogP contribution in [0.4, 0.5) is 27.8 Å². The minimum Gasteiger partial charge on any atom is -0.473 e. The van der Waals surface area contributed by atoms with E-state index in [2.05, 4.69) is 14.8 Å². The van der Waals surface area contributed by atoms with Crippen LogP contribution in [-0.4, -0.2) is 47.7 Å². The van der Waals surface area contributed by atoms with Gasteiger partial charge in [-0.15, -0.1) is 0 Å². The second-order valence-corrected chi connectivity index (χ2v) is 9.80. The lowest BCUT2D eigenvalue weighted by Crippen LogP contribution is -2.43. The molecule has 4 rings (SSSR count). The molecular weight excluding hydrogens is 547 g/mol. The van der Waals surface area contributed by atoms with Crippen LogP contribution in [0, 0.1) is 11.6 Å². The van der Waals surface area contributed by atoms with Crippen molar-refractivity contribution in [1.82, 2.24) is 14.5 Å². The summed E-state index contributed by atoms with van der Waals surface area (Å²) < 4.78 is 80.7. The molecule has 0 spiro atoms. The second-order valence-electron chi connectivity index (χ2n) is 9.39. The molecule has 210 valence electrons. The van der Waals surface area contributed by atoms with Crippen LogP contribution in [0.2, 0.25) is 5.02 Å². The minimum atomic E-state index is -4.77. The topological polar surface area (TPSA) is 59.8 Å². The van der Waals surface area contributed by atoms with E-state index in [1.807, 2.05) is 14.1 Å². The molecule has 0 bridgehead atoms. The van der Waals surface area contributed by atoms with Crippen molar-refractivity contribution in [2.75, 3.05) is 32.1 Å². The highest BCUT2D eigenvalue weighted by molar-refractivity contribution is 6.31. The predicted molar refractivity (Wildman–Crippen MR) is 136 cm³/mol. The summed E-state index contributed by atoms with van der Waals surface area (Å²) >= 11 is 5.57. The van der Waals surface area contributed by atoms with E-state index in [-0.39, 0.29) is 18.1 Å². The first kappa shape index (κ1) is 28.6. The lowest BCUT2D eigenvalue weighted by atomic mass is 10.0. The monoisotopic (exact) mass is 572 g/mol. The maximum Gasteiger partial charge on any atom is 0.417 e. The Hall–Kier alpha value is -3.38. The van der Waals surface area contributed by atoms with Gasteiger partial charge >= 0.3 is 11.9 Å². The highest BCUT2D eigenvalue weighted by Gasteiger charge is 2.34. The van der Waals surface area contributed by atoms with Gasteiger partial charge in [-0.2, -0.15) is 18.2 Å². The van der Waals surface area contributed by atoms with Gasteiger partial charge in [0.15, 0.2) is 17.4 Å². The molecule has 1 aliphatic heterocycles. The first-order chi connectivity index (χ1) is 18.3. The molecule has 0 amide bonds. The first-order valence-corrected chi connectivity index (χ1v) is 12.4. The normalized spacial score (nSPS) is 14.7. The number of benzene rings is 2. The fourth-order valence-electron chi connectivity index (χ4n) is 4.35. The van der Waals surface area contributed by atoms with E-state index in [1.165, 1.54) is 4.57 Å². The Morgan fingerprint density at radius 3 is 2.31 bits per heavy atom. The number of hydrogen-bond acceptors (Lipinski definition) is 6. The maximum atomic E-state index is 14.7. The van der Waals surface area contributed by atoms with Gasteiger partial charge in [0.1, 0.15) is 18.2 Å². The van der Waals surface area contributed by atoms with Gasteiger partial charge in [-0.05, 0) is 62.8 Å². The van der Waals surface area contributed by atoms with Gasteiger partial charge in [-0.3, -0.25) is 4.57 Å². The molecule has 1 aromatic heterocycles. The number of nitrogens with zero attached hydrogens (tertiary/aromatic N) is 4. The Balaban J connectivity index is 1.48. The smallest absolute Gasteiger partial charge is 0.417 e. The minimum absolute atomic E-state index is 0.00943. The predicted octanol–water partition coefficient (Wildman–Crippen LogP) is 5.63. The lowest BCUT2D eigenvalue weighted by Gasteiger charge is -2.36. The Morgan fingerprint density at radius 2 is 1.72 bits per heavy atom. The van der Waals surface area contributed by atoms with Crippen molar-refractivity contribution in [3.63, 3.8) is 0 Å². The molecular formula is C26H26ClF5N4O3. The molecule has 3 aromatic rings. The Morgan fingerprint density at radius 1 is 1.08 bits per heavy atom. The second kappa shape index (κ2) is 11.4. The summed E-state index contributed by atoms with van der Waals surface area (Å²) in [7, 11) is 5.66. The van der Waals surface area contributed by atoms with Gasteiger partial charge in [0.05, 0.1) is 10.6 Å². The van der Waals surface area contributed by atoms with Gasteiger partial charge in [0.2, 0.25) is 5.88 Å². The van der Waals surface area contributed by atoms with E-state index in [1.54, 1.807) is 13.1 Å². The molecule has 13 heteroatoms. The number of hydrogen-bond donors (Lipinski definition) is 0. The van der Waals surface area contributed by atoms with E-state index >= 15 is 0 Å². The molecule has 39 heavy (non-hydrogen) atoms. The first-order valence-electron chi connectivity index (χ1n) is 12.0. The number of aromatic nitrogens is 2. The van der Waals surface area contributed by atoms with Crippen LogP contribution < -0.4 is 20.1 Å². The SMILES string of the molecule is CN(C)C1CCN(c2cc(OCc3cc(F)c(Oc4ccc(Cl)c(C(F)(F)F)c4)c(F)c3)nc(=O)n2C)CC1. The molecule has 2 heterocycles. The van der Waals surface area contributed by atoms with E-state index in [0.29, 0.717) is 17.9 Å². The number of piperidine rings is 1. The molecule has 7 nitrogen and oxygen atoms in total. The van der Waals surface area contributed by atoms with Crippen molar-refractivity contribution >= 4 is 17.4 Å². The van der Waals surface area contributed by atoms with Crippen LogP contribution in [-0.2, 0) is 19.8 Å². The van der Waals surface area contributed by atoms with Crippen molar-refractivity contribution < 1.29 is 31.4 Å². The molecule has 1 saturated heterocycles. The standard InChI is InChI=1S/C26H26ClF5N4O3/c1-34(2)16-6-8-36(9-7-16)23-13-22(33-25(37)35(23)3)38-14-15-10-20(28)24(21(29)11-15)39-17-4-5-19(27)18(12-17)26(30,31)32/h4-5,10-13,16H,6-9,14H2,1-3H3. The summed E-state index contributed by atoms with van der Waals surface area (Å²) in [6.45, 7) is 1.14. The summed E-state index contributed by atoms with van der Waals surface area (Å²) in [4.78, 5) is 20.5. The van der Waals surface area contributed by atoms with Gasteiger partial charge in [-0.25, -0.2) is 13.6 Å². The van der Waals surface area contributed by atoms with Crippen LogP contribution in [0.3, 0.4) is 0 Å². The quantitative estimate of drug-likeness (QED) is 0.342. The fraction of sp³-hybridized carbons (Fsp3) is 0.385. The lowest BCUT2D eigenvalue weighted by molar-refractivity contribution is -0.137. The van der Waals surface area contributed by atoms with Crippen LogP contribution in [0.1, 0.15) is 24.0 Å². The largest absolute Gasteiger partial charge is 0.473 e. The van der Waals surface area contributed by atoms with Crippen molar-refractivity contribution in [2.24, 2.45) is 7.05 Å². The van der Waals surface area contributed by atoms with Crippen LogP contribution in [0.15, 0.2) is 41.2 Å². The van der Waals surface area contributed by atoms with E-state index in [9.17, 15) is 26.7 Å². The summed E-state index contributed by atoms with van der Waals surface area (Å²) in [5.74, 6) is -3.03. The summed E-state index contributed by atoms with van der Waals surface area (Å²) in [6, 6.07) is 6.43. The third-order valence-electron chi connectivity index (χ3n) is 6.52. The van der Waals surface area contributed by atoms with Crippen molar-refractivity contribution in [1.29, 1.82) is 0 Å². The zero-order valence-corrected chi connectivity index (χ0v) is 22.1. The number of ether oxygens (including phenoxy) is 2. The Kier molecular flexibility index (Phi) is 8.36. The van der Waals surface area contributed by atoms with E-state index < -0.39 is 45.6 Å². The molecule has 0 atom stereocenters. The van der Waals surface area contributed by atoms with Gasteiger partial charge in [-0.1, -0.05) is 11.6 Å².